The van der Waals surface area contributed by atoms with Gasteiger partial charge in [0.1, 0.15) is 11.4 Å². The molecule has 0 aliphatic heterocycles. The van der Waals surface area contributed by atoms with Gasteiger partial charge in [0, 0.05) is 0 Å². The normalized spacial score (nSPS) is 14.8. The van der Waals surface area contributed by atoms with Crippen LogP contribution in [0.25, 0.3) is 0 Å². The van der Waals surface area contributed by atoms with Crippen molar-refractivity contribution in [1.82, 2.24) is 4.98 Å². The third kappa shape index (κ3) is 5.59. The molecule has 0 spiro atoms. The number of methoxy groups -OCH3 is 2. The summed E-state index contributed by atoms with van der Waals surface area (Å²) >= 11 is 0. The number of carbonyl (C=O) groups is 1. The standard InChI is InChI=1S/C20H26N2O5/c1-20(2,3)27-19(24)22(12-14-6-8-16(25-4)9-7-14)17-10-15(13-23)21-11-18(17)26-5/h6-11,23H,12-13H2,1-5H3/i5D3,13D2. The van der Waals surface area contributed by atoms with Crippen molar-refractivity contribution in [3.05, 3.63) is 47.8 Å². The van der Waals surface area contributed by atoms with E-state index in [4.69, 9.17) is 21.1 Å². The van der Waals surface area contributed by atoms with Crippen molar-refractivity contribution < 1.29 is 31.0 Å². The Kier molecular flexibility index (Phi) is 4.62. The van der Waals surface area contributed by atoms with Crippen LogP contribution in [0.15, 0.2) is 36.5 Å². The van der Waals surface area contributed by atoms with Crippen LogP contribution in [0, 0.1) is 0 Å². The quantitative estimate of drug-likeness (QED) is 0.827. The molecular weight excluding hydrogens is 348 g/mol. The minimum absolute atomic E-state index is 0.0752. The highest BCUT2D eigenvalue weighted by molar-refractivity contribution is 5.89. The Bertz CT molecular complexity index is 937. The van der Waals surface area contributed by atoms with E-state index in [1.807, 2.05) is 0 Å². The summed E-state index contributed by atoms with van der Waals surface area (Å²) in [4.78, 5) is 17.9. The molecule has 2 aromatic rings. The van der Waals surface area contributed by atoms with Gasteiger partial charge in [-0.2, -0.15) is 0 Å². The number of carbonyl (C=O) groups excluding carboxylic acids is 1. The molecule has 27 heavy (non-hydrogen) atoms. The van der Waals surface area contributed by atoms with E-state index in [1.165, 1.54) is 7.11 Å². The smallest absolute Gasteiger partial charge is 0.415 e. The van der Waals surface area contributed by atoms with E-state index in [9.17, 15) is 9.90 Å². The third-order valence-electron chi connectivity index (χ3n) is 3.48. The number of aromatic nitrogens is 1. The fourth-order valence-electron chi connectivity index (χ4n) is 2.26. The summed E-state index contributed by atoms with van der Waals surface area (Å²) in [6, 6.07) is 7.83. The summed E-state index contributed by atoms with van der Waals surface area (Å²) in [6.45, 7) is 2.09. The largest absolute Gasteiger partial charge is 0.497 e. The molecule has 0 aliphatic rings. The highest BCUT2D eigenvalue weighted by Gasteiger charge is 2.26. The number of benzene rings is 1. The highest BCUT2D eigenvalue weighted by atomic mass is 16.6. The molecule has 0 radical (unpaired) electrons. The van der Waals surface area contributed by atoms with E-state index in [2.05, 4.69) is 4.98 Å². The summed E-state index contributed by atoms with van der Waals surface area (Å²) in [6.07, 6.45) is 0.107. The topological polar surface area (TPSA) is 81.1 Å². The van der Waals surface area contributed by atoms with Crippen LogP contribution in [-0.4, -0.2) is 35.9 Å². The van der Waals surface area contributed by atoms with Crippen LogP contribution in [0.5, 0.6) is 11.5 Å². The molecular formula is C20H26N2O5. The van der Waals surface area contributed by atoms with Gasteiger partial charge in [0.15, 0.2) is 5.75 Å². The first kappa shape index (κ1) is 14.3. The van der Waals surface area contributed by atoms with E-state index in [-0.39, 0.29) is 18.0 Å². The number of nitrogens with zero attached hydrogens (tertiary/aromatic N) is 2. The van der Waals surface area contributed by atoms with Crippen LogP contribution in [0.4, 0.5) is 10.5 Å². The molecule has 1 N–H and O–H groups in total. The second kappa shape index (κ2) is 8.73. The molecule has 146 valence electrons. The van der Waals surface area contributed by atoms with Crippen LogP contribution in [-0.2, 0) is 17.8 Å². The molecule has 0 unspecified atom stereocenters. The average molecular weight is 379 g/mol. The lowest BCUT2D eigenvalue weighted by atomic mass is 10.2. The first-order valence-electron chi connectivity index (χ1n) is 10.6. The first-order chi connectivity index (χ1) is 14.6. The summed E-state index contributed by atoms with van der Waals surface area (Å²) in [5.74, 6) is 0.293. The number of anilines is 1. The summed E-state index contributed by atoms with van der Waals surface area (Å²) < 4.78 is 52.9. The van der Waals surface area contributed by atoms with E-state index in [1.54, 1.807) is 45.0 Å². The molecule has 7 heteroatoms. The molecule has 0 bridgehead atoms. The molecule has 1 amide bonds. The molecule has 0 fully saturated rings. The minimum Gasteiger partial charge on any atom is -0.497 e. The van der Waals surface area contributed by atoms with Crippen molar-refractivity contribution >= 4 is 11.8 Å². The van der Waals surface area contributed by atoms with Gasteiger partial charge in [0.05, 0.1) is 51.7 Å². The molecule has 7 nitrogen and oxygen atoms in total. The maximum atomic E-state index is 13.1. The lowest BCUT2D eigenvalue weighted by molar-refractivity contribution is 0.0576. The molecule has 1 heterocycles. The van der Waals surface area contributed by atoms with E-state index in [0.29, 0.717) is 11.3 Å². The molecule has 1 aromatic carbocycles. The lowest BCUT2D eigenvalue weighted by Crippen LogP contribution is -2.36. The lowest BCUT2D eigenvalue weighted by Gasteiger charge is -2.28. The number of hydrogen-bond acceptors (Lipinski definition) is 6. The Morgan fingerprint density at radius 2 is 2.00 bits per heavy atom. The Labute approximate surface area is 166 Å². The van der Waals surface area contributed by atoms with Crippen molar-refractivity contribution in [3.63, 3.8) is 0 Å². The van der Waals surface area contributed by atoms with Gasteiger partial charge >= 0.3 is 6.09 Å². The predicted molar refractivity (Wildman–Crippen MR) is 102 cm³/mol. The van der Waals surface area contributed by atoms with Gasteiger partial charge in [0.2, 0.25) is 0 Å². The second-order valence-electron chi connectivity index (χ2n) is 6.67. The average Bonchev–Trinajstić information content (AvgIpc) is 2.63. The van der Waals surface area contributed by atoms with Crippen molar-refractivity contribution in [3.8, 4) is 11.5 Å². The third-order valence-corrected chi connectivity index (χ3v) is 3.48. The summed E-state index contributed by atoms with van der Waals surface area (Å²) in [7, 11) is -1.35. The number of amides is 1. The molecule has 0 atom stereocenters. The van der Waals surface area contributed by atoms with Crippen LogP contribution in [0.1, 0.15) is 38.9 Å². The van der Waals surface area contributed by atoms with E-state index < -0.39 is 31.0 Å². The summed E-state index contributed by atoms with van der Waals surface area (Å²) in [5.41, 5.74) is -0.800. The van der Waals surface area contributed by atoms with Gasteiger partial charge < -0.3 is 19.3 Å². The van der Waals surface area contributed by atoms with Crippen LogP contribution in [0.2, 0.25) is 0 Å². The van der Waals surface area contributed by atoms with E-state index in [0.717, 1.165) is 17.2 Å². The fraction of sp³-hybridized carbons (Fsp3) is 0.400. The maximum Gasteiger partial charge on any atom is 0.415 e. The van der Waals surface area contributed by atoms with Gasteiger partial charge in [-0.05, 0) is 44.5 Å². The maximum absolute atomic E-state index is 13.1. The summed E-state index contributed by atoms with van der Waals surface area (Å²) in [5, 5.41) is 9.76. The molecule has 0 aliphatic carbocycles. The molecule has 0 saturated heterocycles. The van der Waals surface area contributed by atoms with Crippen LogP contribution >= 0.6 is 0 Å². The Balaban J connectivity index is 2.61. The monoisotopic (exact) mass is 379 g/mol. The van der Waals surface area contributed by atoms with Crippen molar-refractivity contribution in [2.75, 3.05) is 19.0 Å². The van der Waals surface area contributed by atoms with Gasteiger partial charge in [-0.15, -0.1) is 0 Å². The van der Waals surface area contributed by atoms with Crippen LogP contribution < -0.4 is 14.4 Å². The Morgan fingerprint density at radius 3 is 2.56 bits per heavy atom. The number of aliphatic hydroxyl groups is 1. The molecule has 1 aromatic heterocycles. The predicted octanol–water partition coefficient (Wildman–Crippen LogP) is 3.53. The zero-order chi connectivity index (χ0) is 24.3. The van der Waals surface area contributed by atoms with Gasteiger partial charge in [-0.1, -0.05) is 12.1 Å². The molecule has 0 saturated carbocycles. The SMILES string of the molecule is [2H]C([2H])([2H])Oc1cnc(C([2H])([2H])O)cc1N(Cc1ccc(OC)cc1)C(=O)OC(C)(C)C. The van der Waals surface area contributed by atoms with Gasteiger partial charge in [0.25, 0.3) is 0 Å². The zero-order valence-electron chi connectivity index (χ0n) is 20.6. The number of hydrogen-bond donors (Lipinski definition) is 1. The van der Waals surface area contributed by atoms with Gasteiger partial charge in [-0.25, -0.2) is 4.79 Å². The fourth-order valence-corrected chi connectivity index (χ4v) is 2.26. The van der Waals surface area contributed by atoms with Crippen LogP contribution in [0.3, 0.4) is 0 Å². The Hall–Kier alpha value is -2.80. The van der Waals surface area contributed by atoms with Crippen molar-refractivity contribution in [2.24, 2.45) is 0 Å². The highest BCUT2D eigenvalue weighted by Crippen LogP contribution is 2.31. The number of ether oxygens (including phenoxy) is 3. The Morgan fingerprint density at radius 1 is 1.30 bits per heavy atom. The number of rotatable bonds is 6. The second-order valence-corrected chi connectivity index (χ2v) is 6.67. The molecule has 2 rings (SSSR count). The van der Waals surface area contributed by atoms with Crippen molar-refractivity contribution in [2.45, 2.75) is 39.5 Å². The van der Waals surface area contributed by atoms with Gasteiger partial charge in [-0.3, -0.25) is 9.88 Å². The number of pyridine rings is 1. The zero-order valence-corrected chi connectivity index (χ0v) is 15.6. The minimum atomic E-state index is -2.87. The first-order valence-corrected chi connectivity index (χ1v) is 8.14. The van der Waals surface area contributed by atoms with E-state index >= 15 is 0 Å². The van der Waals surface area contributed by atoms with Crippen molar-refractivity contribution in [1.29, 1.82) is 0 Å².